The number of rotatable bonds is 7. The summed E-state index contributed by atoms with van der Waals surface area (Å²) in [6.45, 7) is 5.02. The molecule has 30 heavy (non-hydrogen) atoms. The molecule has 4 rings (SSSR count). The van der Waals surface area contributed by atoms with Crippen LogP contribution in [-0.2, 0) is 17.9 Å². The Labute approximate surface area is 178 Å². The summed E-state index contributed by atoms with van der Waals surface area (Å²) in [5.74, 6) is -0.0591. The minimum Gasteiger partial charge on any atom is -0.350 e. The van der Waals surface area contributed by atoms with E-state index in [2.05, 4.69) is 46.5 Å². The van der Waals surface area contributed by atoms with Gasteiger partial charge in [0.1, 0.15) is 0 Å². The van der Waals surface area contributed by atoms with Crippen LogP contribution in [0.4, 0.5) is 0 Å². The van der Waals surface area contributed by atoms with Gasteiger partial charge in [-0.1, -0.05) is 61.0 Å². The predicted molar refractivity (Wildman–Crippen MR) is 119 cm³/mol. The molecule has 1 aromatic heterocycles. The van der Waals surface area contributed by atoms with Gasteiger partial charge in [-0.2, -0.15) is 5.10 Å². The van der Waals surface area contributed by atoms with E-state index in [4.69, 9.17) is 0 Å². The fraction of sp³-hybridized carbons (Fsp3) is 0.360. The molecular weight excluding hydrogens is 372 g/mol. The first-order valence-electron chi connectivity index (χ1n) is 10.8. The second-order valence-electron chi connectivity index (χ2n) is 8.15. The van der Waals surface area contributed by atoms with Gasteiger partial charge in [-0.3, -0.25) is 14.4 Å². The number of nitrogens with zero attached hydrogens (tertiary/aromatic N) is 3. The highest BCUT2D eigenvalue weighted by Gasteiger charge is 2.22. The van der Waals surface area contributed by atoms with E-state index >= 15 is 0 Å². The number of hydrogen-bond donors (Lipinski definition) is 1. The highest BCUT2D eigenvalue weighted by Crippen LogP contribution is 2.20. The molecule has 1 fully saturated rings. The second-order valence-corrected chi connectivity index (χ2v) is 8.15. The van der Waals surface area contributed by atoms with E-state index in [1.165, 1.54) is 31.4 Å². The Hall–Kier alpha value is -2.92. The summed E-state index contributed by atoms with van der Waals surface area (Å²) < 4.78 is 1.70. The van der Waals surface area contributed by atoms with Crippen LogP contribution in [0.3, 0.4) is 0 Å². The van der Waals surface area contributed by atoms with Gasteiger partial charge in [0, 0.05) is 31.5 Å². The fourth-order valence-corrected chi connectivity index (χ4v) is 4.17. The molecule has 1 aliphatic heterocycles. The van der Waals surface area contributed by atoms with Crippen LogP contribution in [0.15, 0.2) is 73.1 Å². The van der Waals surface area contributed by atoms with Gasteiger partial charge in [0.2, 0.25) is 5.91 Å². The van der Waals surface area contributed by atoms with E-state index < -0.39 is 6.04 Å². The lowest BCUT2D eigenvalue weighted by Crippen LogP contribution is -2.36. The van der Waals surface area contributed by atoms with Gasteiger partial charge in [-0.15, -0.1) is 0 Å². The zero-order valence-corrected chi connectivity index (χ0v) is 17.6. The van der Waals surface area contributed by atoms with Crippen molar-refractivity contribution in [2.45, 2.75) is 51.4 Å². The Balaban J connectivity index is 1.38. The Morgan fingerprint density at radius 2 is 1.83 bits per heavy atom. The Kier molecular flexibility index (Phi) is 6.60. The SMILES string of the molecule is CC1CCCCN1Cc1ccc(CNC(=O)C(c2ccccc2)n2cccn2)cc1. The zero-order valence-electron chi connectivity index (χ0n) is 17.6. The van der Waals surface area contributed by atoms with Gasteiger partial charge in [-0.05, 0) is 49.1 Å². The molecule has 1 aliphatic rings. The molecule has 2 atom stereocenters. The number of aromatic nitrogens is 2. The third kappa shape index (κ3) is 4.97. The van der Waals surface area contributed by atoms with Crippen LogP contribution in [0.1, 0.15) is 48.9 Å². The van der Waals surface area contributed by atoms with Gasteiger partial charge in [0.15, 0.2) is 6.04 Å². The lowest BCUT2D eigenvalue weighted by atomic mass is 10.0. The number of carbonyl (C=O) groups excluding carboxylic acids is 1. The van der Waals surface area contributed by atoms with E-state index in [0.29, 0.717) is 12.6 Å². The number of piperidine rings is 1. The largest absolute Gasteiger partial charge is 0.350 e. The lowest BCUT2D eigenvalue weighted by Gasteiger charge is -2.33. The summed E-state index contributed by atoms with van der Waals surface area (Å²) in [5.41, 5.74) is 3.35. The topological polar surface area (TPSA) is 50.2 Å². The first kappa shape index (κ1) is 20.4. The van der Waals surface area contributed by atoms with Gasteiger partial charge in [0.25, 0.3) is 0 Å². The summed E-state index contributed by atoms with van der Waals surface area (Å²) in [6.07, 6.45) is 7.47. The van der Waals surface area contributed by atoms with E-state index in [0.717, 1.165) is 17.7 Å². The molecule has 1 saturated heterocycles. The highest BCUT2D eigenvalue weighted by molar-refractivity contribution is 5.83. The normalized spacial score (nSPS) is 18.1. The third-order valence-corrected chi connectivity index (χ3v) is 5.97. The van der Waals surface area contributed by atoms with Crippen molar-refractivity contribution in [3.05, 3.63) is 89.7 Å². The standard InChI is InChI=1S/C25H30N4O/c1-20-8-5-6-16-28(20)19-22-13-11-21(12-14-22)18-26-25(30)24(29-17-7-15-27-29)23-9-3-2-4-10-23/h2-4,7,9-15,17,20,24H,5-6,8,16,18-19H2,1H3,(H,26,30). The third-order valence-electron chi connectivity index (χ3n) is 5.97. The van der Waals surface area contributed by atoms with Crippen LogP contribution in [0, 0.1) is 0 Å². The molecule has 1 N–H and O–H groups in total. The van der Waals surface area contributed by atoms with E-state index in [1.807, 2.05) is 42.6 Å². The van der Waals surface area contributed by atoms with Crippen LogP contribution in [0.2, 0.25) is 0 Å². The van der Waals surface area contributed by atoms with Gasteiger partial charge in [-0.25, -0.2) is 0 Å². The van der Waals surface area contributed by atoms with Crippen LogP contribution >= 0.6 is 0 Å². The van der Waals surface area contributed by atoms with Crippen molar-refractivity contribution in [2.75, 3.05) is 6.54 Å². The summed E-state index contributed by atoms with van der Waals surface area (Å²) in [6, 6.07) is 20.4. The smallest absolute Gasteiger partial charge is 0.249 e. The van der Waals surface area contributed by atoms with Crippen molar-refractivity contribution in [2.24, 2.45) is 0 Å². The highest BCUT2D eigenvalue weighted by atomic mass is 16.2. The molecule has 2 unspecified atom stereocenters. The Bertz CT molecular complexity index is 922. The summed E-state index contributed by atoms with van der Waals surface area (Å²) in [5, 5.41) is 7.38. The Morgan fingerprint density at radius 1 is 1.07 bits per heavy atom. The van der Waals surface area contributed by atoms with Gasteiger partial charge >= 0.3 is 0 Å². The van der Waals surface area contributed by atoms with Crippen LogP contribution in [-0.4, -0.2) is 33.2 Å². The second kappa shape index (κ2) is 9.72. The number of benzene rings is 2. The monoisotopic (exact) mass is 402 g/mol. The number of likely N-dealkylation sites (tertiary alicyclic amines) is 1. The molecule has 5 heteroatoms. The summed E-state index contributed by atoms with van der Waals surface area (Å²) in [7, 11) is 0. The number of carbonyl (C=O) groups is 1. The zero-order chi connectivity index (χ0) is 20.8. The fourth-order valence-electron chi connectivity index (χ4n) is 4.17. The number of hydrogen-bond acceptors (Lipinski definition) is 3. The minimum atomic E-state index is -0.471. The van der Waals surface area contributed by atoms with E-state index in [9.17, 15) is 4.79 Å². The Morgan fingerprint density at radius 3 is 2.53 bits per heavy atom. The van der Waals surface area contributed by atoms with Crippen molar-refractivity contribution in [3.8, 4) is 0 Å². The molecule has 0 saturated carbocycles. The van der Waals surface area contributed by atoms with Crippen molar-refractivity contribution in [1.29, 1.82) is 0 Å². The maximum Gasteiger partial charge on any atom is 0.249 e. The van der Waals surface area contributed by atoms with Crippen molar-refractivity contribution >= 4 is 5.91 Å². The maximum absolute atomic E-state index is 13.0. The van der Waals surface area contributed by atoms with E-state index in [1.54, 1.807) is 10.9 Å². The molecule has 0 bridgehead atoms. The molecule has 156 valence electrons. The predicted octanol–water partition coefficient (Wildman–Crippen LogP) is 4.16. The van der Waals surface area contributed by atoms with Crippen LogP contribution in [0.5, 0.6) is 0 Å². The molecular formula is C25H30N4O. The van der Waals surface area contributed by atoms with Crippen molar-refractivity contribution < 1.29 is 4.79 Å². The lowest BCUT2D eigenvalue weighted by molar-refractivity contribution is -0.123. The van der Waals surface area contributed by atoms with Crippen LogP contribution < -0.4 is 5.32 Å². The average molecular weight is 403 g/mol. The van der Waals surface area contributed by atoms with Crippen molar-refractivity contribution in [3.63, 3.8) is 0 Å². The molecule has 0 aliphatic carbocycles. The van der Waals surface area contributed by atoms with Gasteiger partial charge < -0.3 is 5.32 Å². The molecule has 2 aromatic carbocycles. The van der Waals surface area contributed by atoms with Gasteiger partial charge in [0.05, 0.1) is 0 Å². The number of amides is 1. The molecule has 5 nitrogen and oxygen atoms in total. The quantitative estimate of drug-likeness (QED) is 0.645. The molecule has 0 radical (unpaired) electrons. The van der Waals surface area contributed by atoms with Crippen molar-refractivity contribution in [1.82, 2.24) is 20.0 Å². The van der Waals surface area contributed by atoms with Crippen LogP contribution in [0.25, 0.3) is 0 Å². The minimum absolute atomic E-state index is 0.0591. The summed E-state index contributed by atoms with van der Waals surface area (Å²) >= 11 is 0. The summed E-state index contributed by atoms with van der Waals surface area (Å²) in [4.78, 5) is 15.6. The molecule has 1 amide bonds. The first-order chi connectivity index (χ1) is 14.7. The van der Waals surface area contributed by atoms with E-state index in [-0.39, 0.29) is 5.91 Å². The number of nitrogens with one attached hydrogen (secondary N) is 1. The maximum atomic E-state index is 13.0. The molecule has 0 spiro atoms. The first-order valence-corrected chi connectivity index (χ1v) is 10.8. The average Bonchev–Trinajstić information content (AvgIpc) is 3.30. The molecule has 3 aromatic rings. The molecule has 2 heterocycles.